The van der Waals surface area contributed by atoms with Gasteiger partial charge in [-0.05, 0) is 53.0 Å². The van der Waals surface area contributed by atoms with E-state index >= 15 is 0 Å². The van der Waals surface area contributed by atoms with Crippen molar-refractivity contribution in [3.8, 4) is 6.01 Å². The SMILES string of the molecule is Cc1ccnc(OC[C@@H]2CCCCN2C(=O)OC(C)(C)C)n1. The second-order valence-electron chi connectivity index (χ2n) is 6.61. The fourth-order valence-corrected chi connectivity index (χ4v) is 2.40. The Bertz CT molecular complexity index is 514. The maximum Gasteiger partial charge on any atom is 0.410 e. The first-order valence-corrected chi connectivity index (χ1v) is 7.77. The van der Waals surface area contributed by atoms with Crippen molar-refractivity contribution < 1.29 is 14.3 Å². The second-order valence-corrected chi connectivity index (χ2v) is 6.61. The van der Waals surface area contributed by atoms with Crippen molar-refractivity contribution in [1.29, 1.82) is 0 Å². The molecule has 22 heavy (non-hydrogen) atoms. The van der Waals surface area contributed by atoms with Crippen LogP contribution in [0.2, 0.25) is 0 Å². The van der Waals surface area contributed by atoms with E-state index in [1.165, 1.54) is 0 Å². The minimum Gasteiger partial charge on any atom is -0.461 e. The van der Waals surface area contributed by atoms with E-state index in [0.29, 0.717) is 19.2 Å². The molecule has 1 saturated heterocycles. The third-order valence-corrected chi connectivity index (χ3v) is 3.43. The molecule has 2 heterocycles. The van der Waals surface area contributed by atoms with E-state index in [1.807, 2.05) is 33.8 Å². The van der Waals surface area contributed by atoms with Gasteiger partial charge in [0.1, 0.15) is 12.2 Å². The number of aromatic nitrogens is 2. The Labute approximate surface area is 131 Å². The lowest BCUT2D eigenvalue weighted by molar-refractivity contribution is 0.00304. The van der Waals surface area contributed by atoms with E-state index in [2.05, 4.69) is 9.97 Å². The summed E-state index contributed by atoms with van der Waals surface area (Å²) in [6.45, 7) is 8.62. The van der Waals surface area contributed by atoms with Gasteiger partial charge in [-0.2, -0.15) is 0 Å². The van der Waals surface area contributed by atoms with Gasteiger partial charge >= 0.3 is 12.1 Å². The van der Waals surface area contributed by atoms with Gasteiger partial charge in [0.15, 0.2) is 0 Å². The van der Waals surface area contributed by atoms with E-state index in [9.17, 15) is 4.79 Å². The quantitative estimate of drug-likeness (QED) is 0.859. The lowest BCUT2D eigenvalue weighted by Gasteiger charge is -2.36. The number of aryl methyl sites for hydroxylation is 1. The lowest BCUT2D eigenvalue weighted by Crippen LogP contribution is -2.48. The molecule has 0 N–H and O–H groups in total. The zero-order chi connectivity index (χ0) is 16.2. The van der Waals surface area contributed by atoms with Crippen molar-refractivity contribution in [1.82, 2.24) is 14.9 Å². The van der Waals surface area contributed by atoms with Gasteiger partial charge in [0.2, 0.25) is 0 Å². The number of hydrogen-bond acceptors (Lipinski definition) is 5. The largest absolute Gasteiger partial charge is 0.461 e. The Balaban J connectivity index is 1.96. The molecule has 0 unspecified atom stereocenters. The Morgan fingerprint density at radius 1 is 1.41 bits per heavy atom. The first-order chi connectivity index (χ1) is 10.3. The van der Waals surface area contributed by atoms with Gasteiger partial charge in [-0.25, -0.2) is 14.8 Å². The standard InChI is InChI=1S/C16H25N3O3/c1-12-8-9-17-14(18-12)21-11-13-7-5-6-10-19(13)15(20)22-16(2,3)4/h8-9,13H,5-7,10-11H2,1-4H3/t13-/m0/s1. The Kier molecular flexibility index (Phi) is 5.21. The number of amides is 1. The van der Waals surface area contributed by atoms with Crippen LogP contribution in [0.5, 0.6) is 6.01 Å². The summed E-state index contributed by atoms with van der Waals surface area (Å²) in [7, 11) is 0. The van der Waals surface area contributed by atoms with Gasteiger partial charge in [-0.3, -0.25) is 0 Å². The Morgan fingerprint density at radius 3 is 2.86 bits per heavy atom. The van der Waals surface area contributed by atoms with Crippen LogP contribution in [0, 0.1) is 6.92 Å². The number of likely N-dealkylation sites (tertiary alicyclic amines) is 1. The Hall–Kier alpha value is -1.85. The van der Waals surface area contributed by atoms with Crippen LogP contribution in [0.4, 0.5) is 4.79 Å². The number of ether oxygens (including phenoxy) is 2. The average Bonchev–Trinajstić information content (AvgIpc) is 2.44. The molecule has 1 aromatic heterocycles. The topological polar surface area (TPSA) is 64.5 Å². The van der Waals surface area contributed by atoms with Crippen LogP contribution in [0.3, 0.4) is 0 Å². The fraction of sp³-hybridized carbons (Fsp3) is 0.688. The van der Waals surface area contributed by atoms with E-state index in [1.54, 1.807) is 11.1 Å². The lowest BCUT2D eigenvalue weighted by atomic mass is 10.0. The van der Waals surface area contributed by atoms with Gasteiger partial charge in [-0.15, -0.1) is 0 Å². The molecule has 0 saturated carbocycles. The summed E-state index contributed by atoms with van der Waals surface area (Å²) < 4.78 is 11.1. The molecule has 0 aliphatic carbocycles. The van der Waals surface area contributed by atoms with Gasteiger partial charge in [0.25, 0.3) is 0 Å². The summed E-state index contributed by atoms with van der Waals surface area (Å²) in [5, 5.41) is 0. The van der Waals surface area contributed by atoms with Gasteiger partial charge in [0.05, 0.1) is 6.04 Å². The fourth-order valence-electron chi connectivity index (χ4n) is 2.40. The predicted molar refractivity (Wildman–Crippen MR) is 82.8 cm³/mol. The highest BCUT2D eigenvalue weighted by Gasteiger charge is 2.31. The van der Waals surface area contributed by atoms with Crippen LogP contribution in [0.25, 0.3) is 0 Å². The molecule has 1 aliphatic rings. The number of carbonyl (C=O) groups excluding carboxylic acids is 1. The normalized spacial score (nSPS) is 18.9. The first-order valence-electron chi connectivity index (χ1n) is 7.77. The molecule has 1 aliphatic heterocycles. The number of hydrogen-bond donors (Lipinski definition) is 0. The van der Waals surface area contributed by atoms with Gasteiger partial charge in [0, 0.05) is 18.4 Å². The molecule has 1 atom stereocenters. The highest BCUT2D eigenvalue weighted by Crippen LogP contribution is 2.21. The molecule has 2 rings (SSSR count). The van der Waals surface area contributed by atoms with Crippen LogP contribution in [-0.2, 0) is 4.74 Å². The summed E-state index contributed by atoms with van der Waals surface area (Å²) in [6.07, 6.45) is 4.39. The molecule has 0 radical (unpaired) electrons. The molecule has 1 fully saturated rings. The average molecular weight is 307 g/mol. The summed E-state index contributed by atoms with van der Waals surface area (Å²) >= 11 is 0. The van der Waals surface area contributed by atoms with Crippen molar-refractivity contribution in [3.63, 3.8) is 0 Å². The monoisotopic (exact) mass is 307 g/mol. The third kappa shape index (κ3) is 4.86. The predicted octanol–water partition coefficient (Wildman–Crippen LogP) is 2.95. The van der Waals surface area contributed by atoms with Crippen LogP contribution in [-0.4, -0.2) is 45.8 Å². The molecule has 0 bridgehead atoms. The smallest absolute Gasteiger partial charge is 0.410 e. The molecule has 6 heteroatoms. The van der Waals surface area contributed by atoms with Crippen LogP contribution < -0.4 is 4.74 Å². The van der Waals surface area contributed by atoms with Crippen molar-refractivity contribution in [3.05, 3.63) is 18.0 Å². The first kappa shape index (κ1) is 16.5. The van der Waals surface area contributed by atoms with Crippen LogP contribution in [0.1, 0.15) is 45.7 Å². The maximum absolute atomic E-state index is 12.3. The molecule has 122 valence electrons. The second kappa shape index (κ2) is 6.94. The molecule has 1 aromatic rings. The van der Waals surface area contributed by atoms with Crippen molar-refractivity contribution >= 4 is 6.09 Å². The van der Waals surface area contributed by atoms with E-state index < -0.39 is 5.60 Å². The number of rotatable bonds is 3. The Morgan fingerprint density at radius 2 is 2.18 bits per heavy atom. The molecule has 0 spiro atoms. The minimum atomic E-state index is -0.487. The zero-order valence-corrected chi connectivity index (χ0v) is 13.8. The number of piperidine rings is 1. The van der Waals surface area contributed by atoms with Crippen LogP contribution >= 0.6 is 0 Å². The summed E-state index contributed by atoms with van der Waals surface area (Å²) in [6, 6.07) is 2.18. The summed E-state index contributed by atoms with van der Waals surface area (Å²) in [5.74, 6) is 0. The van der Waals surface area contributed by atoms with E-state index in [0.717, 1.165) is 25.0 Å². The zero-order valence-electron chi connectivity index (χ0n) is 13.8. The van der Waals surface area contributed by atoms with Crippen molar-refractivity contribution in [2.75, 3.05) is 13.2 Å². The van der Waals surface area contributed by atoms with Gasteiger partial charge in [-0.1, -0.05) is 0 Å². The van der Waals surface area contributed by atoms with E-state index in [-0.39, 0.29) is 12.1 Å². The van der Waals surface area contributed by atoms with Crippen molar-refractivity contribution in [2.45, 2.75) is 58.6 Å². The van der Waals surface area contributed by atoms with E-state index in [4.69, 9.17) is 9.47 Å². The third-order valence-electron chi connectivity index (χ3n) is 3.43. The van der Waals surface area contributed by atoms with Crippen molar-refractivity contribution in [2.24, 2.45) is 0 Å². The molecule has 0 aromatic carbocycles. The minimum absolute atomic E-state index is 0.00714. The molecule has 1 amide bonds. The maximum atomic E-state index is 12.3. The summed E-state index contributed by atoms with van der Waals surface area (Å²) in [4.78, 5) is 22.4. The highest BCUT2D eigenvalue weighted by molar-refractivity contribution is 5.68. The summed E-state index contributed by atoms with van der Waals surface area (Å²) in [5.41, 5.74) is 0.372. The number of nitrogens with zero attached hydrogens (tertiary/aromatic N) is 3. The molecular weight excluding hydrogens is 282 g/mol. The van der Waals surface area contributed by atoms with Crippen LogP contribution in [0.15, 0.2) is 12.3 Å². The van der Waals surface area contributed by atoms with Gasteiger partial charge < -0.3 is 14.4 Å². The molecular formula is C16H25N3O3. The highest BCUT2D eigenvalue weighted by atomic mass is 16.6. The molecule has 6 nitrogen and oxygen atoms in total. The number of carbonyl (C=O) groups is 1.